The van der Waals surface area contributed by atoms with Gasteiger partial charge in [0, 0.05) is 26.1 Å². The molecule has 1 aliphatic heterocycles. The molecule has 7 nitrogen and oxygen atoms in total. The van der Waals surface area contributed by atoms with E-state index >= 15 is 0 Å². The second-order valence-electron chi connectivity index (χ2n) is 5.16. The van der Waals surface area contributed by atoms with E-state index in [0.29, 0.717) is 25.1 Å². The summed E-state index contributed by atoms with van der Waals surface area (Å²) in [6.45, 7) is 1.82. The Hall–Kier alpha value is -2.54. The van der Waals surface area contributed by atoms with Crippen LogP contribution in [0.3, 0.4) is 0 Å². The quantitative estimate of drug-likeness (QED) is 0.592. The first-order chi connectivity index (χ1) is 10.0. The average Bonchev–Trinajstić information content (AvgIpc) is 2.43. The number of anilines is 1. The van der Waals surface area contributed by atoms with E-state index in [1.807, 2.05) is 0 Å². The van der Waals surface area contributed by atoms with Crippen LogP contribution in [-0.4, -0.2) is 31.6 Å². The predicted molar refractivity (Wildman–Crippen MR) is 76.9 cm³/mol. The van der Waals surface area contributed by atoms with Crippen LogP contribution < -0.4 is 11.3 Å². The fourth-order valence-corrected chi connectivity index (χ4v) is 2.56. The van der Waals surface area contributed by atoms with Gasteiger partial charge in [-0.2, -0.15) is 0 Å². The number of nitrogens with two attached hydrogens (primary N) is 1. The molecule has 0 fully saturated rings. The van der Waals surface area contributed by atoms with Crippen molar-refractivity contribution in [3.05, 3.63) is 45.4 Å². The summed E-state index contributed by atoms with van der Waals surface area (Å²) in [5.74, 6) is -0.133. The van der Waals surface area contributed by atoms with Crippen molar-refractivity contribution in [3.63, 3.8) is 0 Å². The van der Waals surface area contributed by atoms with Crippen LogP contribution in [0.4, 0.5) is 5.95 Å². The van der Waals surface area contributed by atoms with E-state index in [9.17, 15) is 15.0 Å². The van der Waals surface area contributed by atoms with Crippen LogP contribution in [0.2, 0.25) is 0 Å². The Bertz CT molecular complexity index is 741. The third-order valence-corrected chi connectivity index (χ3v) is 3.61. The number of phenolic OH excluding ortho intramolecular Hbond substituents is 2. The molecule has 0 bridgehead atoms. The fraction of sp³-hybridized carbons (Fsp3) is 0.286. The largest absolute Gasteiger partial charge is 0.504 e. The number of phenols is 2. The molecule has 1 aromatic carbocycles. The number of fused-ring (bicyclic) bond motifs is 1. The molecule has 110 valence electrons. The molecule has 3 rings (SSSR count). The number of benzene rings is 1. The highest BCUT2D eigenvalue weighted by Crippen LogP contribution is 2.26. The topological polar surface area (TPSA) is 115 Å². The molecular weight excluding hydrogens is 272 g/mol. The van der Waals surface area contributed by atoms with Crippen LogP contribution in [0, 0.1) is 0 Å². The van der Waals surface area contributed by atoms with Crippen molar-refractivity contribution >= 4 is 5.95 Å². The number of aromatic hydroxyl groups is 2. The number of hydrogen-bond donors (Lipinski definition) is 4. The first kappa shape index (κ1) is 13.4. The zero-order chi connectivity index (χ0) is 15.0. The normalized spacial score (nSPS) is 14.9. The molecule has 0 aliphatic carbocycles. The van der Waals surface area contributed by atoms with Gasteiger partial charge < -0.3 is 15.9 Å². The zero-order valence-electron chi connectivity index (χ0n) is 11.3. The predicted octanol–water partition coefficient (Wildman–Crippen LogP) is 0.322. The van der Waals surface area contributed by atoms with Crippen LogP contribution in [0.25, 0.3) is 0 Å². The monoisotopic (exact) mass is 288 g/mol. The van der Waals surface area contributed by atoms with Crippen molar-refractivity contribution in [2.24, 2.45) is 0 Å². The maximum atomic E-state index is 11.9. The summed E-state index contributed by atoms with van der Waals surface area (Å²) in [7, 11) is 0. The Morgan fingerprint density at radius 3 is 2.90 bits per heavy atom. The molecule has 21 heavy (non-hydrogen) atoms. The van der Waals surface area contributed by atoms with Gasteiger partial charge in [-0.3, -0.25) is 14.7 Å². The second kappa shape index (κ2) is 5.10. The molecule has 0 radical (unpaired) electrons. The molecule has 0 amide bonds. The van der Waals surface area contributed by atoms with Crippen LogP contribution >= 0.6 is 0 Å². The van der Waals surface area contributed by atoms with Crippen molar-refractivity contribution in [1.82, 2.24) is 14.9 Å². The lowest BCUT2D eigenvalue weighted by Gasteiger charge is -2.27. The van der Waals surface area contributed by atoms with Gasteiger partial charge in [0.1, 0.15) is 0 Å². The summed E-state index contributed by atoms with van der Waals surface area (Å²) >= 11 is 0. The molecule has 0 saturated heterocycles. The van der Waals surface area contributed by atoms with Gasteiger partial charge >= 0.3 is 0 Å². The number of rotatable bonds is 2. The number of H-pyrrole nitrogens is 1. The second-order valence-corrected chi connectivity index (χ2v) is 5.16. The lowest BCUT2D eigenvalue weighted by Crippen LogP contribution is -2.35. The van der Waals surface area contributed by atoms with E-state index in [0.717, 1.165) is 17.8 Å². The molecule has 0 spiro atoms. The summed E-state index contributed by atoms with van der Waals surface area (Å²) in [6, 6.07) is 4.73. The Morgan fingerprint density at radius 2 is 2.14 bits per heavy atom. The number of nitrogens with zero attached hydrogens (tertiary/aromatic N) is 2. The van der Waals surface area contributed by atoms with E-state index in [4.69, 9.17) is 5.73 Å². The number of nitrogen functional groups attached to an aromatic ring is 1. The number of hydrogen-bond acceptors (Lipinski definition) is 6. The van der Waals surface area contributed by atoms with E-state index < -0.39 is 0 Å². The van der Waals surface area contributed by atoms with Crippen LogP contribution in [0.15, 0.2) is 23.0 Å². The smallest absolute Gasteiger partial charge is 0.257 e. The average molecular weight is 288 g/mol. The third-order valence-electron chi connectivity index (χ3n) is 3.61. The summed E-state index contributed by atoms with van der Waals surface area (Å²) in [5, 5.41) is 18.8. The Labute approximate surface area is 120 Å². The van der Waals surface area contributed by atoms with E-state index in [-0.39, 0.29) is 23.0 Å². The van der Waals surface area contributed by atoms with Crippen molar-refractivity contribution in [2.45, 2.75) is 19.5 Å². The maximum absolute atomic E-state index is 11.9. The minimum absolute atomic E-state index is 0.140. The SMILES string of the molecule is Nc1nc2c(c(=O)[nH]1)CN(Cc1ccc(O)c(O)c1)CC2. The third kappa shape index (κ3) is 2.68. The Kier molecular flexibility index (Phi) is 3.26. The molecule has 7 heteroatoms. The van der Waals surface area contributed by atoms with Crippen LogP contribution in [0.1, 0.15) is 16.8 Å². The highest BCUT2D eigenvalue weighted by atomic mass is 16.3. The van der Waals surface area contributed by atoms with Gasteiger partial charge in [-0.1, -0.05) is 6.07 Å². The van der Waals surface area contributed by atoms with Crippen molar-refractivity contribution in [1.29, 1.82) is 0 Å². The van der Waals surface area contributed by atoms with Gasteiger partial charge in [-0.15, -0.1) is 0 Å². The van der Waals surface area contributed by atoms with Gasteiger partial charge in [0.25, 0.3) is 5.56 Å². The van der Waals surface area contributed by atoms with Crippen molar-refractivity contribution in [2.75, 3.05) is 12.3 Å². The maximum Gasteiger partial charge on any atom is 0.257 e. The highest BCUT2D eigenvalue weighted by Gasteiger charge is 2.21. The first-order valence-electron chi connectivity index (χ1n) is 6.63. The summed E-state index contributed by atoms with van der Waals surface area (Å²) in [4.78, 5) is 20.7. The zero-order valence-corrected chi connectivity index (χ0v) is 11.3. The van der Waals surface area contributed by atoms with E-state index in [2.05, 4.69) is 14.9 Å². The van der Waals surface area contributed by atoms with Gasteiger partial charge in [-0.05, 0) is 17.7 Å². The molecule has 0 unspecified atom stereocenters. The van der Waals surface area contributed by atoms with Gasteiger partial charge in [0.05, 0.1) is 11.3 Å². The summed E-state index contributed by atoms with van der Waals surface area (Å²) in [6.07, 6.45) is 0.660. The molecule has 0 atom stereocenters. The molecular formula is C14H16N4O3. The molecule has 2 heterocycles. The molecule has 2 aromatic rings. The molecule has 5 N–H and O–H groups in total. The van der Waals surface area contributed by atoms with Crippen molar-refractivity contribution in [3.8, 4) is 11.5 Å². The van der Waals surface area contributed by atoms with Crippen LogP contribution in [-0.2, 0) is 19.5 Å². The standard InChI is InChI=1S/C14H16N4O3/c15-14-16-10-3-4-18(7-9(10)13(21)17-14)6-8-1-2-11(19)12(20)5-8/h1-2,5,19-20H,3-4,6-7H2,(H3,15,16,17,21). The van der Waals surface area contributed by atoms with Gasteiger partial charge in [-0.25, -0.2) is 4.98 Å². The minimum Gasteiger partial charge on any atom is -0.504 e. The summed E-state index contributed by atoms with van der Waals surface area (Å²) in [5.41, 5.74) is 7.60. The van der Waals surface area contributed by atoms with Crippen LogP contribution in [0.5, 0.6) is 11.5 Å². The van der Waals surface area contributed by atoms with E-state index in [1.54, 1.807) is 6.07 Å². The number of aromatic nitrogens is 2. The Balaban J connectivity index is 1.80. The first-order valence-corrected chi connectivity index (χ1v) is 6.63. The van der Waals surface area contributed by atoms with Gasteiger partial charge in [0.15, 0.2) is 11.5 Å². The number of aromatic amines is 1. The Morgan fingerprint density at radius 1 is 1.33 bits per heavy atom. The van der Waals surface area contributed by atoms with E-state index in [1.165, 1.54) is 12.1 Å². The minimum atomic E-state index is -0.198. The lowest BCUT2D eigenvalue weighted by atomic mass is 10.1. The lowest BCUT2D eigenvalue weighted by molar-refractivity contribution is 0.241. The molecule has 1 aromatic heterocycles. The molecule has 0 saturated carbocycles. The summed E-state index contributed by atoms with van der Waals surface area (Å²) < 4.78 is 0. The molecule has 1 aliphatic rings. The highest BCUT2D eigenvalue weighted by molar-refractivity contribution is 5.40. The fourth-order valence-electron chi connectivity index (χ4n) is 2.56. The number of nitrogens with one attached hydrogen (secondary N) is 1. The van der Waals surface area contributed by atoms with Gasteiger partial charge in [0.2, 0.25) is 5.95 Å². The van der Waals surface area contributed by atoms with Crippen molar-refractivity contribution < 1.29 is 10.2 Å².